The summed E-state index contributed by atoms with van der Waals surface area (Å²) in [7, 11) is 1.55. The number of nitriles is 1. The second kappa shape index (κ2) is 7.01. The molecule has 29 heavy (non-hydrogen) atoms. The number of nitrogens with zero attached hydrogens (tertiary/aromatic N) is 3. The highest BCUT2D eigenvalue weighted by Crippen LogP contribution is 2.47. The number of nitrogens with two attached hydrogens (primary N) is 1. The Hall–Kier alpha value is -4.32. The Kier molecular flexibility index (Phi) is 4.37. The van der Waals surface area contributed by atoms with Crippen LogP contribution in [0.25, 0.3) is 11.3 Å². The Morgan fingerprint density at radius 2 is 2.10 bits per heavy atom. The first-order valence-electron chi connectivity index (χ1n) is 8.58. The topological polar surface area (TPSA) is 140 Å². The van der Waals surface area contributed by atoms with Gasteiger partial charge >= 0.3 is 0 Å². The molecule has 2 heterocycles. The number of rotatable bonds is 4. The molecule has 0 saturated heterocycles. The Labute approximate surface area is 165 Å². The largest absolute Gasteiger partial charge is 0.497 e. The summed E-state index contributed by atoms with van der Waals surface area (Å²) in [6, 6.07) is 15.5. The number of nitro benzene ring substituents is 1. The summed E-state index contributed by atoms with van der Waals surface area (Å²) in [6.07, 6.45) is 0. The van der Waals surface area contributed by atoms with Crippen molar-refractivity contribution >= 4 is 5.69 Å². The zero-order valence-corrected chi connectivity index (χ0v) is 15.2. The SMILES string of the molecule is COc1cccc(-c2[nH]nc3c2[C@H](c2ccccc2[N+](=O)[O-])C(C#N)=C(N)O3)c1. The molecular formula is C20H15N5O4. The lowest BCUT2D eigenvalue weighted by atomic mass is 9.82. The minimum atomic E-state index is -0.815. The van der Waals surface area contributed by atoms with Crippen molar-refractivity contribution in [2.24, 2.45) is 5.73 Å². The summed E-state index contributed by atoms with van der Waals surface area (Å²) in [5.74, 6) is -0.153. The molecular weight excluding hydrogens is 374 g/mol. The molecule has 1 atom stereocenters. The average Bonchev–Trinajstić information content (AvgIpc) is 3.16. The predicted molar refractivity (Wildman–Crippen MR) is 103 cm³/mol. The van der Waals surface area contributed by atoms with Crippen LogP contribution >= 0.6 is 0 Å². The predicted octanol–water partition coefficient (Wildman–Crippen LogP) is 3.21. The van der Waals surface area contributed by atoms with E-state index in [2.05, 4.69) is 10.2 Å². The lowest BCUT2D eigenvalue weighted by Gasteiger charge is -2.24. The van der Waals surface area contributed by atoms with Crippen LogP contribution < -0.4 is 15.2 Å². The van der Waals surface area contributed by atoms with Gasteiger partial charge in [-0.1, -0.05) is 30.3 Å². The molecule has 0 fully saturated rings. The van der Waals surface area contributed by atoms with Crippen molar-refractivity contribution in [1.82, 2.24) is 10.2 Å². The van der Waals surface area contributed by atoms with Crippen molar-refractivity contribution in [2.45, 2.75) is 5.92 Å². The number of methoxy groups -OCH3 is 1. The molecule has 0 spiro atoms. The third-order valence-corrected chi connectivity index (χ3v) is 4.74. The number of aromatic amines is 1. The van der Waals surface area contributed by atoms with E-state index in [4.69, 9.17) is 15.2 Å². The van der Waals surface area contributed by atoms with E-state index < -0.39 is 10.8 Å². The number of nitro groups is 1. The lowest BCUT2D eigenvalue weighted by Crippen LogP contribution is -2.21. The van der Waals surface area contributed by atoms with Crippen LogP contribution in [0.5, 0.6) is 11.6 Å². The molecule has 9 heteroatoms. The molecule has 0 amide bonds. The molecule has 4 rings (SSSR count). The first-order valence-corrected chi connectivity index (χ1v) is 8.58. The number of nitrogens with one attached hydrogen (secondary N) is 1. The summed E-state index contributed by atoms with van der Waals surface area (Å²) in [5.41, 5.74) is 8.01. The quantitative estimate of drug-likeness (QED) is 0.515. The highest BCUT2D eigenvalue weighted by molar-refractivity contribution is 5.72. The van der Waals surface area contributed by atoms with Gasteiger partial charge < -0.3 is 15.2 Å². The molecule has 1 aliphatic rings. The fourth-order valence-corrected chi connectivity index (χ4v) is 3.45. The summed E-state index contributed by atoms with van der Waals surface area (Å²) >= 11 is 0. The normalized spacial score (nSPS) is 15.2. The van der Waals surface area contributed by atoms with E-state index in [-0.39, 0.29) is 23.0 Å². The maximum absolute atomic E-state index is 11.6. The van der Waals surface area contributed by atoms with Gasteiger partial charge in [-0.2, -0.15) is 5.26 Å². The van der Waals surface area contributed by atoms with Crippen molar-refractivity contribution < 1.29 is 14.4 Å². The molecule has 0 radical (unpaired) electrons. The number of fused-ring (bicyclic) bond motifs is 1. The van der Waals surface area contributed by atoms with Gasteiger partial charge in [0.25, 0.3) is 5.69 Å². The zero-order valence-electron chi connectivity index (χ0n) is 15.2. The standard InChI is InChI=1S/C20H15N5O4/c1-28-12-6-4-5-11(9-12)18-17-16(13-7-2-3-8-15(13)25(26)27)14(10-21)19(22)29-20(17)24-23-18/h2-9,16H,22H2,1H3,(H,23,24)/t16-/m1/s1. The molecule has 144 valence electrons. The number of para-hydroxylation sites is 1. The second-order valence-corrected chi connectivity index (χ2v) is 6.29. The number of hydrogen-bond acceptors (Lipinski definition) is 7. The number of ether oxygens (including phenoxy) is 2. The van der Waals surface area contributed by atoms with Crippen LogP contribution in [0.4, 0.5) is 5.69 Å². The van der Waals surface area contributed by atoms with Crippen molar-refractivity contribution in [3.63, 3.8) is 0 Å². The van der Waals surface area contributed by atoms with Gasteiger partial charge in [0.05, 0.1) is 29.2 Å². The monoisotopic (exact) mass is 389 g/mol. The van der Waals surface area contributed by atoms with E-state index in [1.807, 2.05) is 12.1 Å². The van der Waals surface area contributed by atoms with Gasteiger partial charge in [-0.15, -0.1) is 5.10 Å². The first kappa shape index (κ1) is 18.1. The number of hydrogen-bond donors (Lipinski definition) is 2. The molecule has 3 N–H and O–H groups in total. The molecule has 1 aliphatic heterocycles. The van der Waals surface area contributed by atoms with Gasteiger partial charge in [0.15, 0.2) is 0 Å². The van der Waals surface area contributed by atoms with E-state index in [9.17, 15) is 15.4 Å². The van der Waals surface area contributed by atoms with E-state index >= 15 is 0 Å². The van der Waals surface area contributed by atoms with E-state index in [0.29, 0.717) is 22.6 Å². The Morgan fingerprint density at radius 1 is 1.31 bits per heavy atom. The minimum absolute atomic E-state index is 0.0809. The summed E-state index contributed by atoms with van der Waals surface area (Å²) in [4.78, 5) is 11.1. The van der Waals surface area contributed by atoms with Crippen LogP contribution in [0.1, 0.15) is 17.0 Å². The molecule has 0 unspecified atom stereocenters. The first-order chi connectivity index (χ1) is 14.0. The third-order valence-electron chi connectivity index (χ3n) is 4.74. The molecule has 0 aliphatic carbocycles. The van der Waals surface area contributed by atoms with Gasteiger partial charge in [0.2, 0.25) is 11.8 Å². The van der Waals surface area contributed by atoms with E-state index in [1.54, 1.807) is 43.5 Å². The molecule has 0 bridgehead atoms. The number of aromatic nitrogens is 2. The Morgan fingerprint density at radius 3 is 2.83 bits per heavy atom. The van der Waals surface area contributed by atoms with Crippen molar-refractivity contribution in [3.8, 4) is 29.0 Å². The highest BCUT2D eigenvalue weighted by Gasteiger charge is 2.38. The van der Waals surface area contributed by atoms with Crippen molar-refractivity contribution in [2.75, 3.05) is 7.11 Å². The number of H-pyrrole nitrogens is 1. The van der Waals surface area contributed by atoms with E-state index in [0.717, 1.165) is 5.56 Å². The summed E-state index contributed by atoms with van der Waals surface area (Å²) < 4.78 is 10.8. The smallest absolute Gasteiger partial charge is 0.273 e. The average molecular weight is 389 g/mol. The zero-order chi connectivity index (χ0) is 20.5. The van der Waals surface area contributed by atoms with Crippen LogP contribution in [0.2, 0.25) is 0 Å². The molecule has 2 aromatic carbocycles. The van der Waals surface area contributed by atoms with Crippen molar-refractivity contribution in [3.05, 3.63) is 81.2 Å². The van der Waals surface area contributed by atoms with Crippen LogP contribution in [-0.2, 0) is 0 Å². The fourth-order valence-electron chi connectivity index (χ4n) is 3.45. The van der Waals surface area contributed by atoms with Gasteiger partial charge in [-0.05, 0) is 12.1 Å². The van der Waals surface area contributed by atoms with Crippen LogP contribution in [0.15, 0.2) is 60.0 Å². The highest BCUT2D eigenvalue weighted by atomic mass is 16.6. The summed E-state index contributed by atoms with van der Waals surface area (Å²) in [5, 5.41) is 28.5. The third kappa shape index (κ3) is 2.93. The van der Waals surface area contributed by atoms with Crippen molar-refractivity contribution in [1.29, 1.82) is 5.26 Å². The van der Waals surface area contributed by atoms with E-state index in [1.165, 1.54) is 6.07 Å². The van der Waals surface area contributed by atoms with Crippen LogP contribution in [0.3, 0.4) is 0 Å². The van der Waals surface area contributed by atoms with Crippen LogP contribution in [-0.4, -0.2) is 22.2 Å². The maximum Gasteiger partial charge on any atom is 0.273 e. The molecule has 1 aromatic heterocycles. The molecule has 3 aromatic rings. The number of allylic oxidation sites excluding steroid dienone is 1. The van der Waals surface area contributed by atoms with Crippen LogP contribution in [0, 0.1) is 21.4 Å². The van der Waals surface area contributed by atoms with Gasteiger partial charge in [0.1, 0.15) is 17.4 Å². The molecule has 9 nitrogen and oxygen atoms in total. The second-order valence-electron chi connectivity index (χ2n) is 6.29. The molecule has 0 saturated carbocycles. The lowest BCUT2D eigenvalue weighted by molar-refractivity contribution is -0.385. The number of benzene rings is 2. The van der Waals surface area contributed by atoms with Gasteiger partial charge in [0, 0.05) is 17.2 Å². The maximum atomic E-state index is 11.6. The summed E-state index contributed by atoms with van der Waals surface area (Å²) in [6.45, 7) is 0. The van der Waals surface area contributed by atoms with Gasteiger partial charge in [-0.25, -0.2) is 0 Å². The van der Waals surface area contributed by atoms with Gasteiger partial charge in [-0.3, -0.25) is 15.2 Å². The minimum Gasteiger partial charge on any atom is -0.497 e. The Bertz CT molecular complexity index is 1190. The fraction of sp³-hybridized carbons (Fsp3) is 0.100. The Balaban J connectivity index is 1.99.